The second-order valence-corrected chi connectivity index (χ2v) is 5.53. The first-order valence-corrected chi connectivity index (χ1v) is 6.20. The van der Waals surface area contributed by atoms with E-state index in [1.807, 2.05) is 0 Å². The molecular weight excluding hydrogens is 266 g/mol. The van der Waals surface area contributed by atoms with E-state index < -0.39 is 29.2 Å². The summed E-state index contributed by atoms with van der Waals surface area (Å²) in [5.74, 6) is -1.14. The minimum atomic E-state index is -1.36. The lowest BCUT2D eigenvalue weighted by atomic mass is 9.96. The molecule has 0 aliphatic carbocycles. The molecule has 0 aromatic heterocycles. The first kappa shape index (κ1) is 18.2. The summed E-state index contributed by atoms with van der Waals surface area (Å²) in [7, 11) is 2.45. The number of hydrogen-bond donors (Lipinski definition) is 1. The van der Waals surface area contributed by atoms with Gasteiger partial charge in [-0.05, 0) is 34.1 Å². The molecule has 7 heteroatoms. The van der Waals surface area contributed by atoms with Gasteiger partial charge in [-0.25, -0.2) is 9.59 Å². The average Bonchev–Trinajstić information content (AvgIpc) is 2.32. The van der Waals surface area contributed by atoms with Crippen LogP contribution in [0.3, 0.4) is 0 Å². The van der Waals surface area contributed by atoms with Crippen LogP contribution in [0.15, 0.2) is 0 Å². The topological polar surface area (TPSA) is 90.9 Å². The Hall–Kier alpha value is -1.79. The molecule has 116 valence electrons. The maximum absolute atomic E-state index is 11.8. The molecule has 0 saturated carbocycles. The van der Waals surface area contributed by atoms with Crippen molar-refractivity contribution in [3.05, 3.63) is 0 Å². The van der Waals surface area contributed by atoms with E-state index in [4.69, 9.17) is 4.74 Å². The van der Waals surface area contributed by atoms with Gasteiger partial charge in [0.05, 0.1) is 14.2 Å². The van der Waals surface area contributed by atoms with Gasteiger partial charge >= 0.3 is 18.0 Å². The number of esters is 2. The summed E-state index contributed by atoms with van der Waals surface area (Å²) in [4.78, 5) is 34.7. The molecule has 1 unspecified atom stereocenters. The summed E-state index contributed by atoms with van der Waals surface area (Å²) in [6.07, 6.45) is -0.737. The third-order valence-corrected chi connectivity index (χ3v) is 2.47. The number of nitrogens with one attached hydrogen (secondary N) is 1. The second-order valence-electron chi connectivity index (χ2n) is 5.53. The van der Waals surface area contributed by atoms with Crippen LogP contribution in [0.1, 0.15) is 40.5 Å². The molecule has 1 amide bonds. The number of alkyl carbamates (subject to hydrolysis) is 1. The van der Waals surface area contributed by atoms with Gasteiger partial charge in [0.1, 0.15) is 11.1 Å². The summed E-state index contributed by atoms with van der Waals surface area (Å²) in [5.41, 5.74) is -2.05. The van der Waals surface area contributed by atoms with Crippen LogP contribution in [0.5, 0.6) is 0 Å². The summed E-state index contributed by atoms with van der Waals surface area (Å²) in [5, 5.41) is 2.44. The van der Waals surface area contributed by atoms with Gasteiger partial charge in [0.15, 0.2) is 0 Å². The van der Waals surface area contributed by atoms with Crippen LogP contribution < -0.4 is 5.32 Å². The molecule has 7 nitrogen and oxygen atoms in total. The van der Waals surface area contributed by atoms with Crippen molar-refractivity contribution in [2.75, 3.05) is 14.2 Å². The molecule has 0 heterocycles. The van der Waals surface area contributed by atoms with Gasteiger partial charge in [0.2, 0.25) is 0 Å². The van der Waals surface area contributed by atoms with Crippen LogP contribution in [-0.4, -0.2) is 43.4 Å². The third-order valence-electron chi connectivity index (χ3n) is 2.47. The molecule has 0 aromatic rings. The number of hydrogen-bond acceptors (Lipinski definition) is 6. The van der Waals surface area contributed by atoms with Crippen LogP contribution >= 0.6 is 0 Å². The van der Waals surface area contributed by atoms with Gasteiger partial charge < -0.3 is 19.5 Å². The van der Waals surface area contributed by atoms with Gasteiger partial charge in [-0.3, -0.25) is 4.79 Å². The maximum atomic E-state index is 11.8. The lowest BCUT2D eigenvalue weighted by molar-refractivity contribution is -0.149. The number of methoxy groups -OCH3 is 2. The first-order valence-electron chi connectivity index (χ1n) is 6.20. The van der Waals surface area contributed by atoms with Crippen molar-refractivity contribution in [1.82, 2.24) is 5.32 Å². The monoisotopic (exact) mass is 289 g/mol. The van der Waals surface area contributed by atoms with Crippen molar-refractivity contribution in [2.45, 2.75) is 51.7 Å². The number of carbonyl (C=O) groups excluding carboxylic acids is 3. The highest BCUT2D eigenvalue weighted by atomic mass is 16.6. The van der Waals surface area contributed by atoms with Crippen molar-refractivity contribution in [3.8, 4) is 0 Å². The molecule has 0 aliphatic heterocycles. The average molecular weight is 289 g/mol. The zero-order chi connectivity index (χ0) is 16.0. The Bertz CT molecular complexity index is 374. The summed E-state index contributed by atoms with van der Waals surface area (Å²) in [6, 6.07) is 0. The minimum absolute atomic E-state index is 0.0299. The fourth-order valence-electron chi connectivity index (χ4n) is 1.42. The Balaban J connectivity index is 4.83. The van der Waals surface area contributed by atoms with E-state index in [1.54, 1.807) is 20.8 Å². The predicted octanol–water partition coefficient (Wildman–Crippen LogP) is 1.40. The molecule has 0 rings (SSSR count). The SMILES string of the molecule is COC(=O)CCC(C)(NC(=O)OC(C)(C)C)C(=O)OC. The zero-order valence-corrected chi connectivity index (χ0v) is 12.9. The Morgan fingerprint density at radius 3 is 1.95 bits per heavy atom. The number of amides is 1. The molecule has 20 heavy (non-hydrogen) atoms. The van der Waals surface area contributed by atoms with Gasteiger partial charge in [0.25, 0.3) is 0 Å². The fraction of sp³-hybridized carbons (Fsp3) is 0.769. The van der Waals surface area contributed by atoms with Gasteiger partial charge in [-0.2, -0.15) is 0 Å². The van der Waals surface area contributed by atoms with Crippen molar-refractivity contribution in [1.29, 1.82) is 0 Å². The predicted molar refractivity (Wildman–Crippen MR) is 71.0 cm³/mol. The highest BCUT2D eigenvalue weighted by molar-refractivity contribution is 5.86. The van der Waals surface area contributed by atoms with Crippen molar-refractivity contribution in [2.24, 2.45) is 0 Å². The smallest absolute Gasteiger partial charge is 0.408 e. The fourth-order valence-corrected chi connectivity index (χ4v) is 1.42. The first-order chi connectivity index (χ1) is 9.04. The Labute approximate surface area is 118 Å². The van der Waals surface area contributed by atoms with Gasteiger partial charge in [0, 0.05) is 6.42 Å². The number of rotatable bonds is 5. The maximum Gasteiger partial charge on any atom is 0.408 e. The van der Waals surface area contributed by atoms with Crippen molar-refractivity contribution >= 4 is 18.0 Å². The molecule has 0 radical (unpaired) electrons. The van der Waals surface area contributed by atoms with Crippen LogP contribution in [0, 0.1) is 0 Å². The quantitative estimate of drug-likeness (QED) is 0.607. The highest BCUT2D eigenvalue weighted by Gasteiger charge is 2.37. The van der Waals surface area contributed by atoms with E-state index in [1.165, 1.54) is 21.1 Å². The number of ether oxygens (including phenoxy) is 3. The van der Waals surface area contributed by atoms with E-state index in [2.05, 4.69) is 14.8 Å². The summed E-state index contributed by atoms with van der Waals surface area (Å²) in [6.45, 7) is 6.58. The molecular formula is C13H23NO6. The molecule has 1 N–H and O–H groups in total. The van der Waals surface area contributed by atoms with Crippen LogP contribution in [0.2, 0.25) is 0 Å². The van der Waals surface area contributed by atoms with Crippen LogP contribution in [0.4, 0.5) is 4.79 Å². The van der Waals surface area contributed by atoms with Crippen molar-refractivity contribution in [3.63, 3.8) is 0 Å². The van der Waals surface area contributed by atoms with E-state index in [0.29, 0.717) is 0 Å². The molecule has 0 saturated heterocycles. The summed E-state index contributed by atoms with van der Waals surface area (Å²) < 4.78 is 14.2. The largest absolute Gasteiger partial charge is 0.469 e. The molecule has 0 aromatic carbocycles. The van der Waals surface area contributed by atoms with Gasteiger partial charge in [-0.15, -0.1) is 0 Å². The van der Waals surface area contributed by atoms with Crippen LogP contribution in [0.25, 0.3) is 0 Å². The van der Waals surface area contributed by atoms with E-state index in [0.717, 1.165) is 0 Å². The standard InChI is InChI=1S/C13H23NO6/c1-12(2,3)20-11(17)14-13(4,10(16)19-6)8-7-9(15)18-5/h7-8H2,1-6H3,(H,14,17). The Morgan fingerprint density at radius 2 is 1.55 bits per heavy atom. The van der Waals surface area contributed by atoms with E-state index >= 15 is 0 Å². The van der Waals surface area contributed by atoms with Crippen molar-refractivity contribution < 1.29 is 28.6 Å². The minimum Gasteiger partial charge on any atom is -0.469 e. The Kier molecular flexibility index (Phi) is 6.48. The van der Waals surface area contributed by atoms with Crippen LogP contribution in [-0.2, 0) is 23.8 Å². The normalized spacial score (nSPS) is 13.9. The Morgan fingerprint density at radius 1 is 1.00 bits per heavy atom. The lowest BCUT2D eigenvalue weighted by Gasteiger charge is -2.29. The van der Waals surface area contributed by atoms with Gasteiger partial charge in [-0.1, -0.05) is 0 Å². The highest BCUT2D eigenvalue weighted by Crippen LogP contribution is 2.17. The summed E-state index contributed by atoms with van der Waals surface area (Å²) >= 11 is 0. The molecule has 0 bridgehead atoms. The van der Waals surface area contributed by atoms with E-state index in [-0.39, 0.29) is 12.8 Å². The molecule has 0 fully saturated rings. The lowest BCUT2D eigenvalue weighted by Crippen LogP contribution is -2.54. The molecule has 0 spiro atoms. The second kappa shape index (κ2) is 7.12. The molecule has 0 aliphatic rings. The number of carbonyl (C=O) groups is 3. The third kappa shape index (κ3) is 6.40. The zero-order valence-electron chi connectivity index (χ0n) is 12.9. The molecule has 1 atom stereocenters. The van der Waals surface area contributed by atoms with E-state index in [9.17, 15) is 14.4 Å².